The maximum atomic E-state index is 12.4. The highest BCUT2D eigenvalue weighted by molar-refractivity contribution is 5.78. The molecule has 1 saturated carbocycles. The molecule has 1 aliphatic rings. The van der Waals surface area contributed by atoms with Gasteiger partial charge in [-0.3, -0.25) is 4.79 Å². The van der Waals surface area contributed by atoms with E-state index in [4.69, 9.17) is 4.74 Å². The Morgan fingerprint density at radius 3 is 2.48 bits per heavy atom. The van der Waals surface area contributed by atoms with Gasteiger partial charge < -0.3 is 15.4 Å². The zero-order chi connectivity index (χ0) is 15.5. The minimum atomic E-state index is 0.173. The van der Waals surface area contributed by atoms with Crippen molar-refractivity contribution in [3.8, 4) is 0 Å². The summed E-state index contributed by atoms with van der Waals surface area (Å²) >= 11 is 0. The maximum absolute atomic E-state index is 12.4. The second-order valence-corrected chi connectivity index (χ2v) is 6.62. The number of hydrogen-bond acceptors (Lipinski definition) is 3. The van der Waals surface area contributed by atoms with E-state index in [-0.39, 0.29) is 11.8 Å². The molecule has 0 aliphatic heterocycles. The molecular weight excluding hydrogens is 264 g/mol. The van der Waals surface area contributed by atoms with Gasteiger partial charge in [-0.1, -0.05) is 46.0 Å². The highest BCUT2D eigenvalue weighted by atomic mass is 16.5. The average Bonchev–Trinajstić information content (AvgIpc) is 2.49. The molecular formula is C17H34N2O2. The van der Waals surface area contributed by atoms with Crippen LogP contribution in [-0.4, -0.2) is 39.3 Å². The first kappa shape index (κ1) is 18.4. The van der Waals surface area contributed by atoms with Gasteiger partial charge >= 0.3 is 0 Å². The molecule has 2 N–H and O–H groups in total. The van der Waals surface area contributed by atoms with Crippen LogP contribution in [-0.2, 0) is 9.53 Å². The minimum Gasteiger partial charge on any atom is -0.383 e. The Morgan fingerprint density at radius 1 is 1.14 bits per heavy atom. The van der Waals surface area contributed by atoms with Gasteiger partial charge in [-0.05, 0) is 18.3 Å². The van der Waals surface area contributed by atoms with E-state index in [0.29, 0.717) is 19.1 Å². The van der Waals surface area contributed by atoms with Crippen molar-refractivity contribution in [2.45, 2.75) is 52.4 Å². The second-order valence-electron chi connectivity index (χ2n) is 6.62. The summed E-state index contributed by atoms with van der Waals surface area (Å²) in [7, 11) is 1.70. The van der Waals surface area contributed by atoms with E-state index < -0.39 is 0 Å². The van der Waals surface area contributed by atoms with Crippen LogP contribution in [0.2, 0.25) is 0 Å². The smallest absolute Gasteiger partial charge is 0.223 e. The van der Waals surface area contributed by atoms with Gasteiger partial charge in [0.05, 0.1) is 6.61 Å². The molecule has 21 heavy (non-hydrogen) atoms. The summed E-state index contributed by atoms with van der Waals surface area (Å²) in [6.45, 7) is 7.40. The summed E-state index contributed by atoms with van der Waals surface area (Å²) in [5.74, 6) is 1.60. The van der Waals surface area contributed by atoms with Gasteiger partial charge in [-0.25, -0.2) is 0 Å². The van der Waals surface area contributed by atoms with E-state index in [1.165, 1.54) is 32.1 Å². The molecule has 1 fully saturated rings. The first-order valence-corrected chi connectivity index (χ1v) is 8.62. The zero-order valence-electron chi connectivity index (χ0n) is 14.1. The molecule has 0 aromatic rings. The van der Waals surface area contributed by atoms with Crippen molar-refractivity contribution in [3.05, 3.63) is 0 Å². The van der Waals surface area contributed by atoms with Crippen molar-refractivity contribution in [2.24, 2.45) is 17.8 Å². The van der Waals surface area contributed by atoms with Gasteiger partial charge in [0.2, 0.25) is 5.91 Å². The number of nitrogens with one attached hydrogen (secondary N) is 2. The Balaban J connectivity index is 2.25. The van der Waals surface area contributed by atoms with E-state index in [1.807, 2.05) is 0 Å². The van der Waals surface area contributed by atoms with E-state index in [1.54, 1.807) is 7.11 Å². The van der Waals surface area contributed by atoms with Crippen LogP contribution in [0.1, 0.15) is 52.4 Å². The third-order valence-corrected chi connectivity index (χ3v) is 4.54. The van der Waals surface area contributed by atoms with Crippen LogP contribution in [0.15, 0.2) is 0 Å². The van der Waals surface area contributed by atoms with Gasteiger partial charge in [-0.2, -0.15) is 0 Å². The van der Waals surface area contributed by atoms with Gasteiger partial charge in [0, 0.05) is 32.7 Å². The largest absolute Gasteiger partial charge is 0.383 e. The molecule has 124 valence electrons. The van der Waals surface area contributed by atoms with Crippen molar-refractivity contribution in [1.82, 2.24) is 10.6 Å². The van der Waals surface area contributed by atoms with Crippen molar-refractivity contribution in [3.63, 3.8) is 0 Å². The molecule has 0 bridgehead atoms. The SMILES string of the molecule is COCCNCCNC(=O)C(CC1CCCCC1)C(C)C. The van der Waals surface area contributed by atoms with E-state index >= 15 is 0 Å². The lowest BCUT2D eigenvalue weighted by Gasteiger charge is -2.28. The summed E-state index contributed by atoms with van der Waals surface area (Å²) in [6, 6.07) is 0. The molecule has 0 aromatic heterocycles. The van der Waals surface area contributed by atoms with Crippen molar-refractivity contribution >= 4 is 5.91 Å². The molecule has 1 rings (SSSR count). The second kappa shape index (κ2) is 11.0. The summed E-state index contributed by atoms with van der Waals surface area (Å²) < 4.78 is 4.97. The van der Waals surface area contributed by atoms with Crippen LogP contribution in [0, 0.1) is 17.8 Å². The monoisotopic (exact) mass is 298 g/mol. The zero-order valence-corrected chi connectivity index (χ0v) is 14.1. The number of amides is 1. The van der Waals surface area contributed by atoms with Crippen molar-refractivity contribution < 1.29 is 9.53 Å². The van der Waals surface area contributed by atoms with Crippen LogP contribution >= 0.6 is 0 Å². The first-order valence-electron chi connectivity index (χ1n) is 8.62. The number of methoxy groups -OCH3 is 1. The third-order valence-electron chi connectivity index (χ3n) is 4.54. The van der Waals surface area contributed by atoms with Crippen molar-refractivity contribution in [2.75, 3.05) is 33.4 Å². The predicted molar refractivity (Wildman–Crippen MR) is 87.3 cm³/mol. The van der Waals surface area contributed by atoms with E-state index in [0.717, 1.165) is 25.4 Å². The Kier molecular flexibility index (Phi) is 9.68. The molecule has 1 unspecified atom stereocenters. The lowest BCUT2D eigenvalue weighted by Crippen LogP contribution is -2.39. The standard InChI is InChI=1S/C17H34N2O2/c1-14(2)16(13-15-7-5-4-6-8-15)17(20)19-10-9-18-11-12-21-3/h14-16,18H,4-13H2,1-3H3,(H,19,20). The molecule has 0 spiro atoms. The number of hydrogen-bond donors (Lipinski definition) is 2. The Bertz CT molecular complexity index is 276. The fourth-order valence-corrected chi connectivity index (χ4v) is 3.17. The Hall–Kier alpha value is -0.610. The molecule has 0 aromatic carbocycles. The molecule has 1 aliphatic carbocycles. The molecule has 0 heterocycles. The third kappa shape index (κ3) is 7.82. The Morgan fingerprint density at radius 2 is 1.86 bits per heavy atom. The lowest BCUT2D eigenvalue weighted by atomic mass is 9.79. The molecule has 1 amide bonds. The van der Waals surface area contributed by atoms with E-state index in [9.17, 15) is 4.79 Å². The number of carbonyl (C=O) groups is 1. The summed E-state index contributed by atoms with van der Waals surface area (Å²) in [6.07, 6.45) is 7.77. The van der Waals surface area contributed by atoms with Gasteiger partial charge in [0.25, 0.3) is 0 Å². The normalized spacial score (nSPS) is 17.9. The van der Waals surface area contributed by atoms with Gasteiger partial charge in [-0.15, -0.1) is 0 Å². The fraction of sp³-hybridized carbons (Fsp3) is 0.941. The summed E-state index contributed by atoms with van der Waals surface area (Å²) in [4.78, 5) is 12.4. The highest BCUT2D eigenvalue weighted by Gasteiger charge is 2.26. The fourth-order valence-electron chi connectivity index (χ4n) is 3.17. The predicted octanol–water partition coefficient (Wildman–Crippen LogP) is 2.58. The van der Waals surface area contributed by atoms with E-state index in [2.05, 4.69) is 24.5 Å². The minimum absolute atomic E-state index is 0.173. The van der Waals surface area contributed by atoms with Gasteiger partial charge in [0.1, 0.15) is 0 Å². The number of carbonyl (C=O) groups excluding carboxylic acids is 1. The summed E-state index contributed by atoms with van der Waals surface area (Å²) in [5, 5.41) is 6.34. The highest BCUT2D eigenvalue weighted by Crippen LogP contribution is 2.31. The van der Waals surface area contributed by atoms with Crippen LogP contribution in [0.25, 0.3) is 0 Å². The molecule has 1 atom stereocenters. The molecule has 4 nitrogen and oxygen atoms in total. The van der Waals surface area contributed by atoms with Gasteiger partial charge in [0.15, 0.2) is 0 Å². The maximum Gasteiger partial charge on any atom is 0.223 e. The lowest BCUT2D eigenvalue weighted by molar-refractivity contribution is -0.127. The first-order chi connectivity index (χ1) is 10.1. The molecule has 0 saturated heterocycles. The summed E-state index contributed by atoms with van der Waals surface area (Å²) in [5.41, 5.74) is 0. The quantitative estimate of drug-likeness (QED) is 0.610. The number of rotatable bonds is 10. The number of ether oxygens (including phenoxy) is 1. The molecule has 0 radical (unpaired) electrons. The average molecular weight is 298 g/mol. The molecule has 4 heteroatoms. The van der Waals surface area contributed by atoms with Crippen LogP contribution in [0.4, 0.5) is 0 Å². The topological polar surface area (TPSA) is 50.4 Å². The van der Waals surface area contributed by atoms with Crippen LogP contribution in [0.5, 0.6) is 0 Å². The van der Waals surface area contributed by atoms with Crippen LogP contribution < -0.4 is 10.6 Å². The van der Waals surface area contributed by atoms with Crippen molar-refractivity contribution in [1.29, 1.82) is 0 Å². The van der Waals surface area contributed by atoms with Crippen LogP contribution in [0.3, 0.4) is 0 Å². The Labute approximate surface area is 130 Å².